The van der Waals surface area contributed by atoms with E-state index >= 15 is 0 Å². The van der Waals surface area contributed by atoms with Gasteiger partial charge in [0.2, 0.25) is 0 Å². The van der Waals surface area contributed by atoms with Crippen molar-refractivity contribution in [2.24, 2.45) is 0 Å². The van der Waals surface area contributed by atoms with Crippen molar-refractivity contribution >= 4 is 21.7 Å². The van der Waals surface area contributed by atoms with Crippen LogP contribution in [-0.2, 0) is 0 Å². The van der Waals surface area contributed by atoms with Crippen molar-refractivity contribution in [2.45, 2.75) is 26.7 Å². The molecule has 2 nitrogen and oxygen atoms in total. The summed E-state index contributed by atoms with van der Waals surface area (Å²) in [5.41, 5.74) is 3.09. The number of ketones is 1. The lowest BCUT2D eigenvalue weighted by molar-refractivity contribution is 0.0973. The van der Waals surface area contributed by atoms with E-state index in [9.17, 15) is 4.79 Å². The molecule has 0 saturated carbocycles. The largest absolute Gasteiger partial charge is 0.494 e. The summed E-state index contributed by atoms with van der Waals surface area (Å²) in [5.74, 6) is 1.03. The summed E-state index contributed by atoms with van der Waals surface area (Å²) in [6, 6.07) is 13.4. The Labute approximate surface area is 134 Å². The minimum Gasteiger partial charge on any atom is -0.494 e. The van der Waals surface area contributed by atoms with Crippen LogP contribution in [0.15, 0.2) is 46.9 Å². The molecule has 2 rings (SSSR count). The molecule has 110 valence electrons. The highest BCUT2D eigenvalue weighted by atomic mass is 79.9. The van der Waals surface area contributed by atoms with Crippen molar-refractivity contribution in [3.8, 4) is 5.75 Å². The predicted molar refractivity (Wildman–Crippen MR) is 89.1 cm³/mol. The molecule has 0 bridgehead atoms. The standard InChI is InChI=1S/C18H19BrO2/c1-13-11-16(12-14(2)18(13)19)21-10-6-9-17(20)15-7-4-3-5-8-15/h3-5,7-8,11-12H,6,9-10H2,1-2H3. The molecule has 0 aliphatic heterocycles. The lowest BCUT2D eigenvalue weighted by Crippen LogP contribution is -2.04. The van der Waals surface area contributed by atoms with Crippen LogP contribution in [0.3, 0.4) is 0 Å². The second-order valence-corrected chi connectivity index (χ2v) is 5.91. The molecule has 21 heavy (non-hydrogen) atoms. The minimum atomic E-state index is 0.169. The molecule has 3 heteroatoms. The molecule has 0 aromatic heterocycles. The van der Waals surface area contributed by atoms with Crippen molar-refractivity contribution in [3.05, 3.63) is 63.6 Å². The summed E-state index contributed by atoms with van der Waals surface area (Å²) in [6.07, 6.45) is 1.24. The normalized spacial score (nSPS) is 10.4. The van der Waals surface area contributed by atoms with Gasteiger partial charge in [0.25, 0.3) is 0 Å². The number of carbonyl (C=O) groups excluding carboxylic acids is 1. The molecule has 0 radical (unpaired) electrons. The maximum atomic E-state index is 11.9. The molecule has 0 fully saturated rings. The molecule has 0 amide bonds. The van der Waals surface area contributed by atoms with Crippen LogP contribution in [-0.4, -0.2) is 12.4 Å². The average molecular weight is 347 g/mol. The fourth-order valence-corrected chi connectivity index (χ4v) is 2.41. The molecule has 0 aliphatic rings. The van der Waals surface area contributed by atoms with Gasteiger partial charge >= 0.3 is 0 Å². The molecule has 0 saturated heterocycles. The molecule has 0 atom stereocenters. The number of halogens is 1. The fraction of sp³-hybridized carbons (Fsp3) is 0.278. The zero-order valence-electron chi connectivity index (χ0n) is 12.4. The summed E-state index contributed by atoms with van der Waals surface area (Å²) in [7, 11) is 0. The van der Waals surface area contributed by atoms with E-state index in [1.165, 1.54) is 0 Å². The van der Waals surface area contributed by atoms with E-state index in [1.807, 2.05) is 56.3 Å². The lowest BCUT2D eigenvalue weighted by atomic mass is 10.1. The van der Waals surface area contributed by atoms with Gasteiger partial charge in [0.05, 0.1) is 6.61 Å². The van der Waals surface area contributed by atoms with Gasteiger partial charge in [-0.25, -0.2) is 0 Å². The van der Waals surface area contributed by atoms with Gasteiger partial charge in [-0.15, -0.1) is 0 Å². The lowest BCUT2D eigenvalue weighted by Gasteiger charge is -2.10. The molecule has 2 aromatic rings. The Hall–Kier alpha value is -1.61. The number of Topliss-reactive ketones (excluding diaryl/α,β-unsaturated/α-hetero) is 1. The summed E-state index contributed by atoms with van der Waals surface area (Å²) < 4.78 is 6.86. The van der Waals surface area contributed by atoms with Gasteiger partial charge < -0.3 is 4.74 Å². The third-order valence-corrected chi connectivity index (χ3v) is 4.57. The molecule has 0 unspecified atom stereocenters. The maximum Gasteiger partial charge on any atom is 0.163 e. The molecular weight excluding hydrogens is 328 g/mol. The second-order valence-electron chi connectivity index (χ2n) is 5.11. The van der Waals surface area contributed by atoms with Crippen molar-refractivity contribution in [1.82, 2.24) is 0 Å². The highest BCUT2D eigenvalue weighted by Gasteiger charge is 2.06. The quantitative estimate of drug-likeness (QED) is 0.536. The number of ether oxygens (including phenoxy) is 1. The van der Waals surface area contributed by atoms with Gasteiger partial charge in [-0.05, 0) is 43.5 Å². The van der Waals surface area contributed by atoms with Crippen LogP contribution in [0, 0.1) is 13.8 Å². The number of hydrogen-bond donors (Lipinski definition) is 0. The van der Waals surface area contributed by atoms with Crippen LogP contribution in [0.4, 0.5) is 0 Å². The van der Waals surface area contributed by atoms with Crippen LogP contribution in [0.1, 0.15) is 34.3 Å². The average Bonchev–Trinajstić information content (AvgIpc) is 2.49. The monoisotopic (exact) mass is 346 g/mol. The van der Waals surface area contributed by atoms with Crippen molar-refractivity contribution in [2.75, 3.05) is 6.61 Å². The Bertz CT molecular complexity index is 597. The third kappa shape index (κ3) is 4.43. The first-order valence-electron chi connectivity index (χ1n) is 7.05. The van der Waals surface area contributed by atoms with Gasteiger partial charge in [0.15, 0.2) is 5.78 Å². The number of benzene rings is 2. The number of rotatable bonds is 6. The summed E-state index contributed by atoms with van der Waals surface area (Å²) >= 11 is 3.54. The highest BCUT2D eigenvalue weighted by molar-refractivity contribution is 9.10. The zero-order chi connectivity index (χ0) is 15.2. The van der Waals surface area contributed by atoms with Gasteiger partial charge in [0, 0.05) is 16.5 Å². The Morgan fingerprint density at radius 2 is 1.71 bits per heavy atom. The van der Waals surface area contributed by atoms with Crippen LogP contribution >= 0.6 is 15.9 Å². The SMILES string of the molecule is Cc1cc(OCCCC(=O)c2ccccc2)cc(C)c1Br. The predicted octanol–water partition coefficient (Wildman–Crippen LogP) is 5.11. The molecule has 0 aliphatic carbocycles. The number of hydrogen-bond acceptors (Lipinski definition) is 2. The van der Waals surface area contributed by atoms with E-state index in [0.717, 1.165) is 33.3 Å². The Kier molecular flexibility index (Phi) is 5.57. The maximum absolute atomic E-state index is 11.9. The van der Waals surface area contributed by atoms with E-state index in [1.54, 1.807) is 0 Å². The third-order valence-electron chi connectivity index (χ3n) is 3.32. The van der Waals surface area contributed by atoms with E-state index < -0.39 is 0 Å². The molecule has 0 heterocycles. The summed E-state index contributed by atoms with van der Waals surface area (Å²) in [4.78, 5) is 11.9. The van der Waals surface area contributed by atoms with Crippen molar-refractivity contribution in [1.29, 1.82) is 0 Å². The minimum absolute atomic E-state index is 0.169. The highest BCUT2D eigenvalue weighted by Crippen LogP contribution is 2.26. The Balaban J connectivity index is 1.81. The van der Waals surface area contributed by atoms with E-state index in [4.69, 9.17) is 4.74 Å². The van der Waals surface area contributed by atoms with Gasteiger partial charge in [-0.2, -0.15) is 0 Å². The first kappa shape index (κ1) is 15.8. The van der Waals surface area contributed by atoms with Gasteiger partial charge in [-0.1, -0.05) is 46.3 Å². The van der Waals surface area contributed by atoms with Crippen molar-refractivity contribution < 1.29 is 9.53 Å². The second kappa shape index (κ2) is 7.41. The Morgan fingerprint density at radius 3 is 2.33 bits per heavy atom. The fourth-order valence-electron chi connectivity index (χ4n) is 2.18. The van der Waals surface area contributed by atoms with E-state index in [-0.39, 0.29) is 5.78 Å². The Morgan fingerprint density at radius 1 is 1.10 bits per heavy atom. The van der Waals surface area contributed by atoms with Crippen molar-refractivity contribution in [3.63, 3.8) is 0 Å². The van der Waals surface area contributed by atoms with E-state index in [2.05, 4.69) is 15.9 Å². The first-order valence-corrected chi connectivity index (χ1v) is 7.85. The number of aryl methyl sites for hydroxylation is 2. The van der Waals surface area contributed by atoms with Crippen LogP contribution in [0.25, 0.3) is 0 Å². The molecular formula is C18H19BrO2. The molecule has 0 N–H and O–H groups in total. The number of carbonyl (C=O) groups is 1. The zero-order valence-corrected chi connectivity index (χ0v) is 13.9. The summed E-state index contributed by atoms with van der Waals surface area (Å²) in [5, 5.41) is 0. The smallest absolute Gasteiger partial charge is 0.163 e. The van der Waals surface area contributed by atoms with Gasteiger partial charge in [0.1, 0.15) is 5.75 Å². The molecule has 0 spiro atoms. The van der Waals surface area contributed by atoms with Crippen LogP contribution in [0.5, 0.6) is 5.75 Å². The molecule has 2 aromatic carbocycles. The van der Waals surface area contributed by atoms with Crippen LogP contribution < -0.4 is 4.74 Å². The van der Waals surface area contributed by atoms with E-state index in [0.29, 0.717) is 13.0 Å². The van der Waals surface area contributed by atoms with Gasteiger partial charge in [-0.3, -0.25) is 4.79 Å². The first-order chi connectivity index (χ1) is 10.1. The van der Waals surface area contributed by atoms with Crippen LogP contribution in [0.2, 0.25) is 0 Å². The summed E-state index contributed by atoms with van der Waals surface area (Å²) in [6.45, 7) is 4.64. The topological polar surface area (TPSA) is 26.3 Å².